The van der Waals surface area contributed by atoms with Gasteiger partial charge < -0.3 is 14.8 Å². The number of rotatable bonds is 9. The fourth-order valence-electron chi connectivity index (χ4n) is 3.97. The lowest BCUT2D eigenvalue weighted by molar-refractivity contribution is 0.0601. The number of hydrogen-bond acceptors (Lipinski definition) is 9. The van der Waals surface area contributed by atoms with Crippen molar-refractivity contribution >= 4 is 38.6 Å². The number of carbonyl (C=O) groups excluding carboxylic acids is 2. The van der Waals surface area contributed by atoms with Gasteiger partial charge in [-0.15, -0.1) is 11.3 Å². The highest BCUT2D eigenvalue weighted by molar-refractivity contribution is 7.91. The molecule has 4 aromatic rings. The maximum atomic E-state index is 13.4. The first-order valence-electron chi connectivity index (χ1n) is 11.6. The lowest BCUT2D eigenvalue weighted by Gasteiger charge is -2.17. The maximum Gasteiger partial charge on any atom is 0.339 e. The maximum absolute atomic E-state index is 13.4. The van der Waals surface area contributed by atoms with Gasteiger partial charge in [-0.25, -0.2) is 18.2 Å². The van der Waals surface area contributed by atoms with E-state index in [2.05, 4.69) is 10.3 Å². The molecule has 8 nitrogen and oxygen atoms in total. The quantitative estimate of drug-likeness (QED) is 0.213. The zero-order valence-corrected chi connectivity index (χ0v) is 22.9. The molecule has 0 radical (unpaired) electrons. The Balaban J connectivity index is 1.69. The van der Waals surface area contributed by atoms with Crippen LogP contribution in [0.4, 0.5) is 5.69 Å². The average Bonchev–Trinajstić information content (AvgIpc) is 3.43. The third-order valence-electron chi connectivity index (χ3n) is 5.91. The normalized spacial score (nSPS) is 11.2. The first-order chi connectivity index (χ1) is 18.1. The summed E-state index contributed by atoms with van der Waals surface area (Å²) in [5.41, 5.74) is 2.77. The van der Waals surface area contributed by atoms with Crippen molar-refractivity contribution in [2.75, 3.05) is 19.5 Å². The summed E-state index contributed by atoms with van der Waals surface area (Å²) in [4.78, 5) is 30.2. The van der Waals surface area contributed by atoms with Crippen molar-refractivity contribution in [3.8, 4) is 16.2 Å². The van der Waals surface area contributed by atoms with Crippen LogP contribution in [0.2, 0.25) is 0 Å². The number of Topliss-reactive ketones (excluding diaryl/α,β-unsaturated/α-hetero) is 1. The molecule has 0 unspecified atom stereocenters. The fourth-order valence-corrected chi connectivity index (χ4v) is 6.26. The number of aryl methyl sites for hydroxylation is 1. The van der Waals surface area contributed by atoms with E-state index in [0.29, 0.717) is 27.4 Å². The second kappa shape index (κ2) is 11.2. The molecule has 1 N–H and O–H groups in total. The van der Waals surface area contributed by atoms with Crippen LogP contribution in [0, 0.1) is 6.92 Å². The summed E-state index contributed by atoms with van der Waals surface area (Å²) >= 11 is 1.35. The number of methoxy groups -OCH3 is 2. The van der Waals surface area contributed by atoms with E-state index in [0.717, 1.165) is 16.0 Å². The summed E-state index contributed by atoms with van der Waals surface area (Å²) in [5, 5.41) is 3.14. The zero-order valence-electron chi connectivity index (χ0n) is 21.3. The number of thiophene rings is 1. The van der Waals surface area contributed by atoms with Gasteiger partial charge in [-0.3, -0.25) is 4.79 Å². The van der Waals surface area contributed by atoms with Gasteiger partial charge in [0.15, 0.2) is 10.8 Å². The Morgan fingerprint density at radius 1 is 1.03 bits per heavy atom. The highest BCUT2D eigenvalue weighted by Gasteiger charge is 2.24. The van der Waals surface area contributed by atoms with Gasteiger partial charge in [0, 0.05) is 23.2 Å². The highest BCUT2D eigenvalue weighted by Crippen LogP contribution is 2.34. The Bertz CT molecular complexity index is 1610. The molecule has 2 aromatic carbocycles. The SMILES string of the molecule is COC(=O)c1cc(-c2ccc(C(C)=O)s2)cc(C)c1NCc1cccnc1S(=O)(=O)c1ccc(OC)cc1. The smallest absolute Gasteiger partial charge is 0.339 e. The van der Waals surface area contributed by atoms with Crippen molar-refractivity contribution in [1.29, 1.82) is 0 Å². The van der Waals surface area contributed by atoms with Gasteiger partial charge in [-0.2, -0.15) is 0 Å². The molecule has 0 aliphatic rings. The van der Waals surface area contributed by atoms with E-state index in [1.165, 1.54) is 50.8 Å². The molecule has 2 aromatic heterocycles. The molecule has 0 bridgehead atoms. The van der Waals surface area contributed by atoms with Crippen LogP contribution < -0.4 is 10.1 Å². The Hall–Kier alpha value is -4.02. The highest BCUT2D eigenvalue weighted by atomic mass is 32.2. The minimum atomic E-state index is -3.91. The second-order valence-electron chi connectivity index (χ2n) is 8.43. The molecule has 0 aliphatic heterocycles. The van der Waals surface area contributed by atoms with Crippen LogP contribution in [0.25, 0.3) is 10.4 Å². The summed E-state index contributed by atoms with van der Waals surface area (Å²) in [6, 6.07) is 16.6. The number of hydrogen-bond donors (Lipinski definition) is 1. The molecule has 38 heavy (non-hydrogen) atoms. The Morgan fingerprint density at radius 2 is 1.76 bits per heavy atom. The number of anilines is 1. The van der Waals surface area contributed by atoms with Crippen LogP contribution in [0.15, 0.2) is 76.8 Å². The molecule has 10 heteroatoms. The van der Waals surface area contributed by atoms with Crippen molar-refractivity contribution in [3.63, 3.8) is 0 Å². The number of pyridine rings is 1. The van der Waals surface area contributed by atoms with Gasteiger partial charge >= 0.3 is 5.97 Å². The summed E-state index contributed by atoms with van der Waals surface area (Å²) in [5.74, 6) is -0.0273. The predicted molar refractivity (Wildman–Crippen MR) is 146 cm³/mol. The number of ether oxygens (including phenoxy) is 2. The number of sulfone groups is 1. The third kappa shape index (κ3) is 5.46. The van der Waals surface area contributed by atoms with Gasteiger partial charge in [0.1, 0.15) is 5.75 Å². The Labute approximate surface area is 225 Å². The van der Waals surface area contributed by atoms with Crippen LogP contribution in [0.5, 0.6) is 5.75 Å². The van der Waals surface area contributed by atoms with Crippen molar-refractivity contribution in [3.05, 3.63) is 88.4 Å². The molecule has 0 fully saturated rings. The molecular formula is C28H26N2O6S2. The standard InChI is InChI=1S/C28H26N2O6S2/c1-17-14-20(25-12-11-24(37-25)18(2)31)15-23(28(32)36-4)26(17)30-16-19-6-5-13-29-27(19)38(33,34)22-9-7-21(35-3)8-10-22/h5-15,30H,16H2,1-4H3. The van der Waals surface area contributed by atoms with Crippen molar-refractivity contribution in [1.82, 2.24) is 4.98 Å². The Morgan fingerprint density at radius 3 is 2.39 bits per heavy atom. The first kappa shape index (κ1) is 27.0. The van der Waals surface area contributed by atoms with Crippen LogP contribution in [0.3, 0.4) is 0 Å². The number of ketones is 1. The number of benzene rings is 2. The van der Waals surface area contributed by atoms with Gasteiger partial charge in [-0.05, 0) is 79.6 Å². The van der Waals surface area contributed by atoms with E-state index in [9.17, 15) is 18.0 Å². The van der Waals surface area contributed by atoms with Gasteiger partial charge in [0.2, 0.25) is 9.84 Å². The topological polar surface area (TPSA) is 112 Å². The molecule has 0 spiro atoms. The minimum Gasteiger partial charge on any atom is -0.497 e. The average molecular weight is 551 g/mol. The van der Waals surface area contributed by atoms with Crippen LogP contribution in [-0.2, 0) is 21.1 Å². The van der Waals surface area contributed by atoms with Gasteiger partial charge in [-0.1, -0.05) is 6.07 Å². The number of carbonyl (C=O) groups is 2. The summed E-state index contributed by atoms with van der Waals surface area (Å²) in [6.45, 7) is 3.45. The molecular weight excluding hydrogens is 524 g/mol. The molecule has 0 saturated heterocycles. The van der Waals surface area contributed by atoms with E-state index in [-0.39, 0.29) is 22.2 Å². The van der Waals surface area contributed by atoms with E-state index < -0.39 is 15.8 Å². The lowest BCUT2D eigenvalue weighted by atomic mass is 10.0. The molecule has 196 valence electrons. The van der Waals surface area contributed by atoms with E-state index in [1.807, 2.05) is 19.1 Å². The summed E-state index contributed by atoms with van der Waals surface area (Å²) < 4.78 is 36.9. The second-order valence-corrected chi connectivity index (χ2v) is 11.4. The predicted octanol–water partition coefficient (Wildman–Crippen LogP) is 5.56. The van der Waals surface area contributed by atoms with Gasteiger partial charge in [0.05, 0.1) is 35.2 Å². The van der Waals surface area contributed by atoms with Crippen LogP contribution in [-0.4, -0.2) is 39.4 Å². The number of nitrogens with one attached hydrogen (secondary N) is 1. The largest absolute Gasteiger partial charge is 0.497 e. The van der Waals surface area contributed by atoms with Gasteiger partial charge in [0.25, 0.3) is 0 Å². The van der Waals surface area contributed by atoms with Crippen molar-refractivity contribution in [2.45, 2.75) is 30.3 Å². The first-order valence-corrected chi connectivity index (χ1v) is 13.9. The molecule has 2 heterocycles. The molecule has 0 saturated carbocycles. The number of esters is 1. The minimum absolute atomic E-state index is 0.0266. The van der Waals surface area contributed by atoms with E-state index in [1.54, 1.807) is 36.4 Å². The van der Waals surface area contributed by atoms with Crippen LogP contribution in [0.1, 0.15) is 38.1 Å². The van der Waals surface area contributed by atoms with Crippen molar-refractivity contribution in [2.24, 2.45) is 0 Å². The molecule has 0 aliphatic carbocycles. The van der Waals surface area contributed by atoms with Crippen molar-refractivity contribution < 1.29 is 27.5 Å². The molecule has 0 atom stereocenters. The number of aromatic nitrogens is 1. The van der Waals surface area contributed by atoms with Crippen LogP contribution >= 0.6 is 11.3 Å². The molecule has 4 rings (SSSR count). The van der Waals surface area contributed by atoms with E-state index in [4.69, 9.17) is 9.47 Å². The fraction of sp³-hybridized carbons (Fsp3) is 0.179. The number of nitrogens with zero attached hydrogens (tertiary/aromatic N) is 1. The Kier molecular flexibility index (Phi) is 7.94. The summed E-state index contributed by atoms with van der Waals surface area (Å²) in [7, 11) is -1.11. The monoisotopic (exact) mass is 550 g/mol. The lowest BCUT2D eigenvalue weighted by Crippen LogP contribution is -2.13. The summed E-state index contributed by atoms with van der Waals surface area (Å²) in [6.07, 6.45) is 1.43. The zero-order chi connectivity index (χ0) is 27.4. The molecule has 0 amide bonds. The van der Waals surface area contributed by atoms with E-state index >= 15 is 0 Å². The third-order valence-corrected chi connectivity index (χ3v) is 8.91.